The van der Waals surface area contributed by atoms with Crippen LogP contribution in [0.1, 0.15) is 11.1 Å². The molecule has 0 saturated carbocycles. The first-order chi connectivity index (χ1) is 10.5. The molecule has 116 valence electrons. The van der Waals surface area contributed by atoms with E-state index in [9.17, 15) is 9.18 Å². The molecule has 0 heterocycles. The highest BCUT2D eigenvalue weighted by Crippen LogP contribution is 2.18. The molecule has 0 fully saturated rings. The van der Waals surface area contributed by atoms with Crippen LogP contribution in [0, 0.1) is 12.7 Å². The van der Waals surface area contributed by atoms with E-state index in [1.165, 1.54) is 23.8 Å². The lowest BCUT2D eigenvalue weighted by Crippen LogP contribution is -2.30. The van der Waals surface area contributed by atoms with Crippen molar-refractivity contribution in [1.29, 1.82) is 0 Å². The number of benzene rings is 2. The topological polar surface area (TPSA) is 32.3 Å². The molecule has 0 bridgehead atoms. The summed E-state index contributed by atoms with van der Waals surface area (Å²) in [7, 11) is 1.85. The van der Waals surface area contributed by atoms with Crippen molar-refractivity contribution in [2.45, 2.75) is 13.5 Å². The zero-order valence-corrected chi connectivity index (χ0v) is 13.3. The molecule has 0 unspecified atom stereocenters. The Morgan fingerprint density at radius 1 is 1.27 bits per heavy atom. The van der Waals surface area contributed by atoms with Crippen molar-refractivity contribution in [3.8, 4) is 0 Å². The molecule has 0 saturated heterocycles. The van der Waals surface area contributed by atoms with E-state index in [1.54, 1.807) is 0 Å². The molecule has 5 heteroatoms. The number of likely N-dealkylation sites (N-methyl/N-ethyl adjacent to an activating group) is 1. The lowest BCUT2D eigenvalue weighted by Gasteiger charge is -2.17. The number of amides is 1. The minimum atomic E-state index is -0.539. The first kappa shape index (κ1) is 16.5. The Hall–Kier alpha value is -1.91. The molecule has 0 aliphatic carbocycles. The lowest BCUT2D eigenvalue weighted by atomic mass is 10.1. The first-order valence-electron chi connectivity index (χ1n) is 6.93. The zero-order chi connectivity index (χ0) is 16.1. The smallest absolute Gasteiger partial charge is 0.238 e. The quantitative estimate of drug-likeness (QED) is 0.907. The summed E-state index contributed by atoms with van der Waals surface area (Å²) in [5.74, 6) is -0.806. The number of carbonyl (C=O) groups is 1. The SMILES string of the molecule is Cc1ccccc1CN(C)CC(=O)Nc1ccc(Cl)cc1F. The standard InChI is InChI=1S/C17H18ClFN2O/c1-12-5-3-4-6-13(12)10-21(2)11-17(22)20-16-8-7-14(18)9-15(16)19/h3-9H,10-11H2,1-2H3,(H,20,22). The summed E-state index contributed by atoms with van der Waals surface area (Å²) in [6.45, 7) is 2.87. The van der Waals surface area contributed by atoms with Gasteiger partial charge in [-0.25, -0.2) is 4.39 Å². The van der Waals surface area contributed by atoms with Crippen LogP contribution in [0.3, 0.4) is 0 Å². The van der Waals surface area contributed by atoms with Crippen molar-refractivity contribution in [3.63, 3.8) is 0 Å². The van der Waals surface area contributed by atoms with Crippen LogP contribution in [-0.2, 0) is 11.3 Å². The van der Waals surface area contributed by atoms with Gasteiger partial charge in [-0.2, -0.15) is 0 Å². The van der Waals surface area contributed by atoms with E-state index in [0.717, 1.165) is 5.56 Å². The molecule has 2 aromatic carbocycles. The highest BCUT2D eigenvalue weighted by atomic mass is 35.5. The van der Waals surface area contributed by atoms with Crippen molar-refractivity contribution in [1.82, 2.24) is 4.90 Å². The van der Waals surface area contributed by atoms with Crippen LogP contribution in [0.2, 0.25) is 5.02 Å². The van der Waals surface area contributed by atoms with Crippen LogP contribution >= 0.6 is 11.6 Å². The maximum Gasteiger partial charge on any atom is 0.238 e. The van der Waals surface area contributed by atoms with Crippen LogP contribution in [0.15, 0.2) is 42.5 Å². The van der Waals surface area contributed by atoms with E-state index in [1.807, 2.05) is 43.1 Å². The Morgan fingerprint density at radius 2 is 2.00 bits per heavy atom. The van der Waals surface area contributed by atoms with E-state index in [2.05, 4.69) is 5.32 Å². The van der Waals surface area contributed by atoms with Crippen LogP contribution in [0.5, 0.6) is 0 Å². The van der Waals surface area contributed by atoms with Crippen molar-refractivity contribution >= 4 is 23.2 Å². The maximum absolute atomic E-state index is 13.6. The Bertz CT molecular complexity index is 675. The lowest BCUT2D eigenvalue weighted by molar-refractivity contribution is -0.117. The van der Waals surface area contributed by atoms with E-state index in [0.29, 0.717) is 11.6 Å². The molecule has 0 atom stereocenters. The first-order valence-corrected chi connectivity index (χ1v) is 7.31. The molecule has 0 aromatic heterocycles. The second-order valence-electron chi connectivity index (χ2n) is 5.27. The largest absolute Gasteiger partial charge is 0.322 e. The summed E-state index contributed by atoms with van der Waals surface area (Å²) >= 11 is 5.68. The van der Waals surface area contributed by atoms with Gasteiger partial charge in [-0.3, -0.25) is 9.69 Å². The summed E-state index contributed by atoms with van der Waals surface area (Å²) in [6.07, 6.45) is 0. The average Bonchev–Trinajstić information content (AvgIpc) is 2.44. The van der Waals surface area contributed by atoms with E-state index >= 15 is 0 Å². The van der Waals surface area contributed by atoms with Crippen molar-refractivity contribution in [3.05, 3.63) is 64.4 Å². The fourth-order valence-corrected chi connectivity index (χ4v) is 2.32. The second kappa shape index (κ2) is 7.38. The summed E-state index contributed by atoms with van der Waals surface area (Å²) < 4.78 is 13.6. The van der Waals surface area contributed by atoms with Gasteiger partial charge < -0.3 is 5.32 Å². The molecule has 3 nitrogen and oxygen atoms in total. The Morgan fingerprint density at radius 3 is 2.68 bits per heavy atom. The van der Waals surface area contributed by atoms with Crippen molar-refractivity contribution in [2.24, 2.45) is 0 Å². The Labute approximate surface area is 134 Å². The van der Waals surface area contributed by atoms with E-state index in [4.69, 9.17) is 11.6 Å². The molecule has 0 spiro atoms. The Kier molecular flexibility index (Phi) is 5.52. The van der Waals surface area contributed by atoms with E-state index in [-0.39, 0.29) is 18.1 Å². The number of hydrogen-bond acceptors (Lipinski definition) is 2. The molecule has 0 aliphatic rings. The third-order valence-electron chi connectivity index (χ3n) is 3.32. The summed E-state index contributed by atoms with van der Waals surface area (Å²) in [6, 6.07) is 12.2. The van der Waals surface area contributed by atoms with E-state index < -0.39 is 5.82 Å². The van der Waals surface area contributed by atoms with Gasteiger partial charge in [-0.05, 0) is 43.3 Å². The monoisotopic (exact) mass is 320 g/mol. The molecule has 2 aromatic rings. The minimum Gasteiger partial charge on any atom is -0.322 e. The normalized spacial score (nSPS) is 10.8. The van der Waals surface area contributed by atoms with Gasteiger partial charge in [-0.1, -0.05) is 35.9 Å². The predicted octanol–water partition coefficient (Wildman–Crippen LogP) is 3.86. The molecule has 1 N–H and O–H groups in total. The van der Waals surface area contributed by atoms with Gasteiger partial charge in [0.05, 0.1) is 12.2 Å². The minimum absolute atomic E-state index is 0.138. The van der Waals surface area contributed by atoms with Gasteiger partial charge in [-0.15, -0.1) is 0 Å². The summed E-state index contributed by atoms with van der Waals surface area (Å²) in [5, 5.41) is 2.85. The number of carbonyl (C=O) groups excluding carboxylic acids is 1. The van der Waals surface area contributed by atoms with Crippen LogP contribution in [0.25, 0.3) is 0 Å². The predicted molar refractivity (Wildman–Crippen MR) is 87.6 cm³/mol. The summed E-state index contributed by atoms with van der Waals surface area (Å²) in [4.78, 5) is 13.9. The molecular weight excluding hydrogens is 303 g/mol. The van der Waals surface area contributed by atoms with Gasteiger partial charge in [0, 0.05) is 11.6 Å². The highest BCUT2D eigenvalue weighted by molar-refractivity contribution is 6.30. The van der Waals surface area contributed by atoms with Gasteiger partial charge in [0.1, 0.15) is 5.82 Å². The third kappa shape index (κ3) is 4.55. The van der Waals surface area contributed by atoms with Crippen LogP contribution < -0.4 is 5.32 Å². The maximum atomic E-state index is 13.6. The molecule has 2 rings (SSSR count). The number of hydrogen-bond donors (Lipinski definition) is 1. The van der Waals surface area contributed by atoms with Gasteiger partial charge in [0.2, 0.25) is 5.91 Å². The zero-order valence-electron chi connectivity index (χ0n) is 12.6. The number of anilines is 1. The van der Waals surface area contributed by atoms with Crippen LogP contribution in [0.4, 0.5) is 10.1 Å². The number of aryl methyl sites for hydroxylation is 1. The summed E-state index contributed by atoms with van der Waals surface area (Å²) in [5.41, 5.74) is 2.48. The van der Waals surface area contributed by atoms with Gasteiger partial charge >= 0.3 is 0 Å². The molecular formula is C17H18ClFN2O. The third-order valence-corrected chi connectivity index (χ3v) is 3.56. The fraction of sp³-hybridized carbons (Fsp3) is 0.235. The average molecular weight is 321 g/mol. The number of nitrogens with one attached hydrogen (secondary N) is 1. The fourth-order valence-electron chi connectivity index (χ4n) is 2.16. The molecule has 22 heavy (non-hydrogen) atoms. The molecule has 0 aliphatic heterocycles. The molecule has 0 radical (unpaired) electrons. The number of halogens is 2. The Balaban J connectivity index is 1.93. The number of nitrogens with zero attached hydrogens (tertiary/aromatic N) is 1. The van der Waals surface area contributed by atoms with Crippen molar-refractivity contribution < 1.29 is 9.18 Å². The van der Waals surface area contributed by atoms with Gasteiger partial charge in [0.15, 0.2) is 0 Å². The molecule has 1 amide bonds. The van der Waals surface area contributed by atoms with Gasteiger partial charge in [0.25, 0.3) is 0 Å². The number of rotatable bonds is 5. The van der Waals surface area contributed by atoms with Crippen molar-refractivity contribution in [2.75, 3.05) is 18.9 Å². The van der Waals surface area contributed by atoms with Crippen LogP contribution in [-0.4, -0.2) is 24.4 Å². The second-order valence-corrected chi connectivity index (χ2v) is 5.71. The highest BCUT2D eigenvalue weighted by Gasteiger charge is 2.11.